The van der Waals surface area contributed by atoms with Gasteiger partial charge in [-0.3, -0.25) is 4.79 Å². The number of para-hydroxylation sites is 1. The Morgan fingerprint density at radius 3 is 2.42 bits per heavy atom. The number of anilines is 2. The average Bonchev–Trinajstić information content (AvgIpc) is 2.86. The molecule has 2 aromatic carbocycles. The Morgan fingerprint density at radius 2 is 1.91 bits per heavy atom. The molecule has 0 aromatic heterocycles. The molecule has 1 atom stereocenters. The number of rotatable bonds is 6. The van der Waals surface area contributed by atoms with E-state index in [1.807, 2.05) is 47.7 Å². The number of carbonyl (C=O) groups is 1. The Hall–Kier alpha value is -2.19. The van der Waals surface area contributed by atoms with Gasteiger partial charge >= 0.3 is 5.97 Å². The SMILES string of the molecule is CNCC1CC(C)(C)N([O])C1(C)C.Cc1ccc(Nc2c(F)cccc2Cl)c(CC(=O)O)c1. The fourth-order valence-corrected chi connectivity index (χ4v) is 4.57. The summed E-state index contributed by atoms with van der Waals surface area (Å²) in [7, 11) is 1.94. The fourth-order valence-electron chi connectivity index (χ4n) is 4.36. The van der Waals surface area contributed by atoms with Gasteiger partial charge in [-0.1, -0.05) is 35.4 Å². The molecule has 0 amide bonds. The van der Waals surface area contributed by atoms with E-state index in [9.17, 15) is 14.4 Å². The first-order valence-corrected chi connectivity index (χ1v) is 11.3. The summed E-state index contributed by atoms with van der Waals surface area (Å²) in [5.41, 5.74) is 1.76. The van der Waals surface area contributed by atoms with E-state index in [-0.39, 0.29) is 28.2 Å². The van der Waals surface area contributed by atoms with Crippen LogP contribution in [0.3, 0.4) is 0 Å². The normalized spacial score (nSPS) is 19.0. The predicted molar refractivity (Wildman–Crippen MR) is 130 cm³/mol. The second-order valence-corrected chi connectivity index (χ2v) is 10.1. The molecule has 1 aliphatic rings. The number of benzene rings is 2. The van der Waals surface area contributed by atoms with E-state index in [1.54, 1.807) is 18.2 Å². The fraction of sp³-hybridized carbons (Fsp3) is 0.480. The van der Waals surface area contributed by atoms with Gasteiger partial charge in [0.15, 0.2) is 0 Å². The summed E-state index contributed by atoms with van der Waals surface area (Å²) in [5.74, 6) is -0.984. The van der Waals surface area contributed by atoms with Crippen molar-refractivity contribution in [3.63, 3.8) is 0 Å². The van der Waals surface area contributed by atoms with E-state index in [4.69, 9.17) is 16.7 Å². The lowest BCUT2D eigenvalue weighted by Crippen LogP contribution is -2.47. The molecule has 33 heavy (non-hydrogen) atoms. The molecule has 1 fully saturated rings. The zero-order valence-corrected chi connectivity index (χ0v) is 20.9. The van der Waals surface area contributed by atoms with Gasteiger partial charge in [0.1, 0.15) is 5.82 Å². The molecule has 181 valence electrons. The first-order valence-electron chi connectivity index (χ1n) is 10.9. The van der Waals surface area contributed by atoms with Gasteiger partial charge in [0.05, 0.1) is 17.1 Å². The quantitative estimate of drug-likeness (QED) is 0.504. The van der Waals surface area contributed by atoms with Crippen molar-refractivity contribution in [1.29, 1.82) is 0 Å². The standard InChI is InChI=1S/C15H13ClFNO2.C10H21N2O/c1-9-5-6-13(10(7-9)8-14(19)20)18-15-11(16)3-2-4-12(15)17;1-9(2)6-8(7-11-5)10(3,4)12(9)13/h2-7,18H,8H2,1H3,(H,19,20);8,11H,6-7H2,1-5H3. The Morgan fingerprint density at radius 1 is 1.24 bits per heavy atom. The van der Waals surface area contributed by atoms with Crippen molar-refractivity contribution in [2.45, 2.75) is 58.5 Å². The van der Waals surface area contributed by atoms with Crippen LogP contribution in [0.25, 0.3) is 0 Å². The lowest BCUT2D eigenvalue weighted by Gasteiger charge is -2.33. The molecule has 1 saturated heterocycles. The van der Waals surface area contributed by atoms with Crippen LogP contribution in [0.5, 0.6) is 0 Å². The van der Waals surface area contributed by atoms with E-state index < -0.39 is 11.8 Å². The summed E-state index contributed by atoms with van der Waals surface area (Å²) in [5, 5.41) is 28.4. The molecule has 1 radical (unpaired) electrons. The third kappa shape index (κ3) is 6.67. The number of hydroxylamine groups is 2. The van der Waals surface area contributed by atoms with Crippen LogP contribution >= 0.6 is 11.6 Å². The van der Waals surface area contributed by atoms with Crippen LogP contribution in [0.2, 0.25) is 5.02 Å². The van der Waals surface area contributed by atoms with Crippen LogP contribution in [0.1, 0.15) is 45.2 Å². The largest absolute Gasteiger partial charge is 0.481 e. The van der Waals surface area contributed by atoms with Gasteiger partial charge in [0.25, 0.3) is 0 Å². The molecule has 0 bridgehead atoms. The highest BCUT2D eigenvalue weighted by Gasteiger charge is 2.51. The molecule has 3 N–H and O–H groups in total. The number of hydrogen-bond acceptors (Lipinski definition) is 4. The molecule has 6 nitrogen and oxygen atoms in total. The Labute approximate surface area is 200 Å². The molecule has 0 spiro atoms. The van der Waals surface area contributed by atoms with Gasteiger partial charge in [-0.25, -0.2) is 4.39 Å². The Balaban J connectivity index is 0.000000257. The van der Waals surface area contributed by atoms with Crippen molar-refractivity contribution in [1.82, 2.24) is 10.4 Å². The van der Waals surface area contributed by atoms with Crippen LogP contribution in [0, 0.1) is 18.7 Å². The number of nitrogens with one attached hydrogen (secondary N) is 2. The predicted octanol–water partition coefficient (Wildman–Crippen LogP) is 5.59. The maximum Gasteiger partial charge on any atom is 0.307 e. The molecule has 8 heteroatoms. The maximum absolute atomic E-state index is 13.7. The number of carboxylic acids is 1. The van der Waals surface area contributed by atoms with Crippen molar-refractivity contribution in [2.75, 3.05) is 18.9 Å². The molecule has 0 saturated carbocycles. The van der Waals surface area contributed by atoms with Crippen molar-refractivity contribution in [2.24, 2.45) is 5.92 Å². The van der Waals surface area contributed by atoms with Crippen LogP contribution in [-0.4, -0.2) is 40.8 Å². The zero-order chi connectivity index (χ0) is 25.0. The van der Waals surface area contributed by atoms with Gasteiger partial charge in [0, 0.05) is 16.8 Å². The summed E-state index contributed by atoms with van der Waals surface area (Å²) < 4.78 is 13.7. The number of aliphatic carboxylic acids is 1. The van der Waals surface area contributed by atoms with Gasteiger partial charge in [0.2, 0.25) is 0 Å². The van der Waals surface area contributed by atoms with Crippen LogP contribution in [0.4, 0.5) is 15.8 Å². The smallest absolute Gasteiger partial charge is 0.307 e. The molecule has 2 aromatic rings. The molecular formula is C25H34ClFN3O3. The molecular weight excluding hydrogens is 445 g/mol. The molecule has 1 heterocycles. The highest BCUT2D eigenvalue weighted by atomic mass is 35.5. The molecule has 1 aliphatic heterocycles. The minimum atomic E-state index is -0.946. The second-order valence-electron chi connectivity index (χ2n) is 9.67. The third-order valence-electron chi connectivity index (χ3n) is 6.09. The van der Waals surface area contributed by atoms with Gasteiger partial charge < -0.3 is 15.7 Å². The van der Waals surface area contributed by atoms with Gasteiger partial charge in [-0.15, -0.1) is 10.3 Å². The topological polar surface area (TPSA) is 84.5 Å². The maximum atomic E-state index is 13.7. The minimum Gasteiger partial charge on any atom is -0.481 e. The third-order valence-corrected chi connectivity index (χ3v) is 6.41. The Bertz CT molecular complexity index is 961. The van der Waals surface area contributed by atoms with Crippen LogP contribution in [-0.2, 0) is 16.4 Å². The lowest BCUT2D eigenvalue weighted by atomic mass is 9.87. The van der Waals surface area contributed by atoms with E-state index in [1.165, 1.54) is 17.2 Å². The Kier molecular flexibility index (Phi) is 8.88. The number of aryl methyl sites for hydroxylation is 1. The molecule has 1 unspecified atom stereocenters. The number of hydrogen-bond donors (Lipinski definition) is 3. The van der Waals surface area contributed by atoms with Gasteiger partial charge in [-0.2, -0.15) is 0 Å². The van der Waals surface area contributed by atoms with Crippen molar-refractivity contribution in [3.8, 4) is 0 Å². The summed E-state index contributed by atoms with van der Waals surface area (Å²) in [6, 6.07) is 9.66. The number of halogens is 2. The summed E-state index contributed by atoms with van der Waals surface area (Å²) in [6.07, 6.45) is 0.834. The first-order chi connectivity index (χ1) is 15.3. The molecule has 3 rings (SSSR count). The highest BCUT2D eigenvalue weighted by Crippen LogP contribution is 2.43. The van der Waals surface area contributed by atoms with Crippen molar-refractivity contribution < 1.29 is 19.5 Å². The van der Waals surface area contributed by atoms with E-state index >= 15 is 0 Å². The number of carboxylic acid groups (broad SMARTS) is 1. The zero-order valence-electron chi connectivity index (χ0n) is 20.1. The van der Waals surface area contributed by atoms with E-state index in [2.05, 4.69) is 10.6 Å². The summed E-state index contributed by atoms with van der Waals surface area (Å²) >= 11 is 5.95. The van der Waals surface area contributed by atoms with Gasteiger partial charge in [-0.05, 0) is 84.3 Å². The van der Waals surface area contributed by atoms with Crippen molar-refractivity contribution >= 4 is 28.9 Å². The second kappa shape index (κ2) is 10.8. The minimum absolute atomic E-state index is 0.143. The summed E-state index contributed by atoms with van der Waals surface area (Å²) in [6.45, 7) is 10.9. The summed E-state index contributed by atoms with van der Waals surface area (Å²) in [4.78, 5) is 10.9. The first kappa shape index (κ1) is 27.1. The van der Waals surface area contributed by atoms with Crippen LogP contribution < -0.4 is 10.6 Å². The highest BCUT2D eigenvalue weighted by molar-refractivity contribution is 6.33. The van der Waals surface area contributed by atoms with E-state index in [0.717, 1.165) is 18.5 Å². The van der Waals surface area contributed by atoms with Crippen LogP contribution in [0.15, 0.2) is 36.4 Å². The van der Waals surface area contributed by atoms with E-state index in [0.29, 0.717) is 17.2 Å². The lowest BCUT2D eigenvalue weighted by molar-refractivity contribution is -0.248. The average molecular weight is 479 g/mol. The number of nitrogens with zero attached hydrogens (tertiary/aromatic N) is 1. The molecule has 0 aliphatic carbocycles. The van der Waals surface area contributed by atoms with Crippen molar-refractivity contribution in [3.05, 3.63) is 58.4 Å². The monoisotopic (exact) mass is 478 g/mol.